The molecule has 3 nitrogen and oxygen atoms in total. The van der Waals surface area contributed by atoms with Gasteiger partial charge in [0, 0.05) is 11.8 Å². The van der Waals surface area contributed by atoms with Crippen molar-refractivity contribution in [1.82, 2.24) is 0 Å². The maximum absolute atomic E-state index is 11.6. The van der Waals surface area contributed by atoms with E-state index < -0.39 is 22.7 Å². The number of allylic oxidation sites excluding steroid dienone is 4. The van der Waals surface area contributed by atoms with Crippen LogP contribution in [0.2, 0.25) is 36.3 Å². The maximum atomic E-state index is 11.6. The Labute approximate surface area is 334 Å². The van der Waals surface area contributed by atoms with Crippen LogP contribution in [0.25, 0.3) is 0 Å². The molecule has 0 aromatic heterocycles. The SMILES string of the molecule is C=C1/C(=C\C=C2/CCC[C@]3(C)[C@@H]([C@H](C)/C=C/[C@H](O)C4(c5ccc(CCCC)cc5)CC4)CC[C@@H]23)C[C@@H](O[Si](C)(C)C(C)(C)C)C[C@@H]1O[Si](C)(C)C(C)(C)C. The minimum absolute atomic E-state index is 0.00876. The minimum atomic E-state index is -2.00. The summed E-state index contributed by atoms with van der Waals surface area (Å²) in [4.78, 5) is 0. The van der Waals surface area contributed by atoms with Crippen molar-refractivity contribution in [2.45, 2.75) is 199 Å². The molecule has 4 aliphatic rings. The fourth-order valence-electron chi connectivity index (χ4n) is 9.78. The summed E-state index contributed by atoms with van der Waals surface area (Å²) >= 11 is 0. The molecule has 0 heterocycles. The second-order valence-electron chi connectivity index (χ2n) is 21.5. The first kappa shape index (κ1) is 43.6. The van der Waals surface area contributed by atoms with Crippen LogP contribution in [0.5, 0.6) is 0 Å². The highest BCUT2D eigenvalue weighted by molar-refractivity contribution is 6.74. The maximum Gasteiger partial charge on any atom is 0.192 e. The number of benzene rings is 1. The Hall–Kier alpha value is -1.51. The molecule has 4 saturated carbocycles. The van der Waals surface area contributed by atoms with Crippen LogP contribution >= 0.6 is 0 Å². The van der Waals surface area contributed by atoms with Crippen molar-refractivity contribution in [3.05, 3.63) is 83.0 Å². The summed E-state index contributed by atoms with van der Waals surface area (Å²) in [6, 6.07) is 9.16. The monoisotopic (exact) mass is 773 g/mol. The normalized spacial score (nSPS) is 30.6. The van der Waals surface area contributed by atoms with E-state index in [2.05, 4.69) is 137 Å². The van der Waals surface area contributed by atoms with Gasteiger partial charge in [-0.1, -0.05) is 129 Å². The van der Waals surface area contributed by atoms with Crippen LogP contribution in [-0.4, -0.2) is 40.1 Å². The Morgan fingerprint density at radius 3 is 2.13 bits per heavy atom. The molecular weight excluding hydrogens is 693 g/mol. The molecule has 302 valence electrons. The quantitative estimate of drug-likeness (QED) is 0.160. The topological polar surface area (TPSA) is 38.7 Å². The number of rotatable bonds is 13. The van der Waals surface area contributed by atoms with Crippen LogP contribution in [0.15, 0.2) is 71.9 Å². The number of hydrogen-bond donors (Lipinski definition) is 1. The van der Waals surface area contributed by atoms with Gasteiger partial charge in [-0.3, -0.25) is 0 Å². The highest BCUT2D eigenvalue weighted by atomic mass is 28.4. The highest BCUT2D eigenvalue weighted by Gasteiger charge is 2.52. The molecule has 5 rings (SSSR count). The number of unbranched alkanes of at least 4 members (excludes halogenated alkanes) is 1. The molecule has 4 fully saturated rings. The van der Waals surface area contributed by atoms with E-state index in [0.29, 0.717) is 17.8 Å². The van der Waals surface area contributed by atoms with Gasteiger partial charge in [0.1, 0.15) is 0 Å². The van der Waals surface area contributed by atoms with Gasteiger partial charge in [0.2, 0.25) is 0 Å². The Morgan fingerprint density at radius 1 is 0.907 bits per heavy atom. The van der Waals surface area contributed by atoms with E-state index in [0.717, 1.165) is 32.1 Å². The molecule has 0 aliphatic heterocycles. The second kappa shape index (κ2) is 16.4. The summed E-state index contributed by atoms with van der Waals surface area (Å²) in [5.41, 5.74) is 7.06. The summed E-state index contributed by atoms with van der Waals surface area (Å²) in [7, 11) is -3.96. The van der Waals surface area contributed by atoms with Gasteiger partial charge in [-0.15, -0.1) is 0 Å². The number of aliphatic hydroxyl groups is 1. The Bertz CT molecular complexity index is 1550. The van der Waals surface area contributed by atoms with Crippen molar-refractivity contribution in [2.75, 3.05) is 0 Å². The van der Waals surface area contributed by atoms with E-state index in [1.807, 2.05) is 0 Å². The third kappa shape index (κ3) is 9.27. The molecule has 0 saturated heterocycles. The zero-order valence-electron chi connectivity index (χ0n) is 37.0. The zero-order chi connectivity index (χ0) is 39.9. The smallest absolute Gasteiger partial charge is 0.192 e. The summed E-state index contributed by atoms with van der Waals surface area (Å²) in [5.74, 6) is 1.69. The van der Waals surface area contributed by atoms with Crippen molar-refractivity contribution in [3.63, 3.8) is 0 Å². The molecule has 5 heteroatoms. The molecular formula is C49H80O3Si2. The summed E-state index contributed by atoms with van der Waals surface area (Å²) in [6.07, 6.45) is 23.1. The van der Waals surface area contributed by atoms with Crippen molar-refractivity contribution < 1.29 is 14.0 Å². The number of fused-ring (bicyclic) bond motifs is 1. The van der Waals surface area contributed by atoms with E-state index in [4.69, 9.17) is 15.4 Å². The fraction of sp³-hybridized carbons (Fsp3) is 0.714. The van der Waals surface area contributed by atoms with Gasteiger partial charge in [0.05, 0.1) is 18.3 Å². The zero-order valence-corrected chi connectivity index (χ0v) is 39.0. The third-order valence-corrected chi connectivity index (χ3v) is 24.7. The average molecular weight is 773 g/mol. The van der Waals surface area contributed by atoms with Gasteiger partial charge in [-0.05, 0) is 146 Å². The van der Waals surface area contributed by atoms with Crippen LogP contribution in [0, 0.1) is 23.2 Å². The van der Waals surface area contributed by atoms with Crippen LogP contribution in [0.4, 0.5) is 0 Å². The Kier molecular flexibility index (Phi) is 13.2. The van der Waals surface area contributed by atoms with Gasteiger partial charge in [0.15, 0.2) is 16.6 Å². The van der Waals surface area contributed by atoms with Crippen LogP contribution in [0.1, 0.15) is 144 Å². The molecule has 1 aromatic carbocycles. The lowest BCUT2D eigenvalue weighted by Crippen LogP contribution is -2.49. The van der Waals surface area contributed by atoms with Crippen LogP contribution in [0.3, 0.4) is 0 Å². The van der Waals surface area contributed by atoms with E-state index in [1.165, 1.54) is 67.2 Å². The lowest BCUT2D eigenvalue weighted by molar-refractivity contribution is 0.0969. The lowest BCUT2D eigenvalue weighted by Gasteiger charge is -2.45. The fourth-order valence-corrected chi connectivity index (χ4v) is 12.5. The van der Waals surface area contributed by atoms with Crippen LogP contribution in [-0.2, 0) is 20.7 Å². The standard InChI is InChI=1S/C49H80O3Si2/c1-15-16-18-37-21-25-40(26-22-37)49(31-32-49)45(50)29-20-35(2)42-27-28-43-38(19-17-30-48(42,43)10)23-24-39-33-41(51-53(11,12)46(4,5)6)34-44(36(39)3)52-54(13,14)47(7,8)9/h20-26,29,35,41-45,50H,3,15-19,27-28,30-34H2,1-2,4-14H3/b29-20+,38-23+,39-24-/t35-,41-,42-,43+,44+,45+,48-/m1/s1. The first-order valence-electron chi connectivity index (χ1n) is 21.9. The second-order valence-corrected chi connectivity index (χ2v) is 31.0. The third-order valence-electron chi connectivity index (χ3n) is 15.7. The first-order chi connectivity index (χ1) is 25.0. The van der Waals surface area contributed by atoms with Gasteiger partial charge >= 0.3 is 0 Å². The van der Waals surface area contributed by atoms with E-state index in [1.54, 1.807) is 5.57 Å². The predicted octanol–water partition coefficient (Wildman–Crippen LogP) is 13.8. The number of hydrogen-bond acceptors (Lipinski definition) is 3. The Morgan fingerprint density at radius 2 is 1.54 bits per heavy atom. The van der Waals surface area contributed by atoms with Gasteiger partial charge in [-0.25, -0.2) is 0 Å². The number of aryl methyl sites for hydroxylation is 1. The van der Waals surface area contributed by atoms with Crippen molar-refractivity contribution >= 4 is 16.6 Å². The summed E-state index contributed by atoms with van der Waals surface area (Å²) in [5, 5.41) is 11.9. The van der Waals surface area contributed by atoms with Gasteiger partial charge in [-0.2, -0.15) is 0 Å². The molecule has 54 heavy (non-hydrogen) atoms. The molecule has 4 aliphatic carbocycles. The number of aliphatic hydroxyl groups excluding tert-OH is 1. The molecule has 1 N–H and O–H groups in total. The molecule has 0 amide bonds. The molecule has 7 atom stereocenters. The largest absolute Gasteiger partial charge is 0.413 e. The lowest BCUT2D eigenvalue weighted by atomic mass is 9.61. The predicted molar refractivity (Wildman–Crippen MR) is 237 cm³/mol. The van der Waals surface area contributed by atoms with E-state index in [9.17, 15) is 5.11 Å². The van der Waals surface area contributed by atoms with E-state index >= 15 is 0 Å². The first-order valence-corrected chi connectivity index (χ1v) is 27.8. The minimum Gasteiger partial charge on any atom is -0.413 e. The van der Waals surface area contributed by atoms with Gasteiger partial charge < -0.3 is 14.0 Å². The highest BCUT2D eigenvalue weighted by Crippen LogP contribution is 2.60. The van der Waals surface area contributed by atoms with Crippen molar-refractivity contribution in [3.8, 4) is 0 Å². The summed E-state index contributed by atoms with van der Waals surface area (Å²) < 4.78 is 14.3. The van der Waals surface area contributed by atoms with E-state index in [-0.39, 0.29) is 33.1 Å². The van der Waals surface area contributed by atoms with Crippen LogP contribution < -0.4 is 0 Å². The molecule has 0 unspecified atom stereocenters. The molecule has 1 aromatic rings. The average Bonchev–Trinajstić information content (AvgIpc) is 3.81. The van der Waals surface area contributed by atoms with Crippen molar-refractivity contribution in [1.29, 1.82) is 0 Å². The molecule has 0 bridgehead atoms. The summed E-state index contributed by atoms with van der Waals surface area (Å²) in [6.45, 7) is 35.5. The van der Waals surface area contributed by atoms with Gasteiger partial charge in [0.25, 0.3) is 0 Å². The molecule has 0 radical (unpaired) electrons. The molecule has 0 spiro atoms. The van der Waals surface area contributed by atoms with Crippen molar-refractivity contribution in [2.24, 2.45) is 23.2 Å². The Balaban J connectivity index is 1.32.